The number of thiol groups is 1. The quantitative estimate of drug-likeness (QED) is 0.474. The molecule has 28 heavy (non-hydrogen) atoms. The van der Waals surface area contributed by atoms with Crippen molar-refractivity contribution in [1.82, 2.24) is 20.4 Å². The first-order valence-electron chi connectivity index (χ1n) is 8.29. The second-order valence-corrected chi connectivity index (χ2v) is 8.72. The van der Waals surface area contributed by atoms with E-state index in [-0.39, 0.29) is 34.4 Å². The standard InChI is InChI=1S/C17H15N5O3S3/c18-17-21-20-13(28-17)9-7-27-15-11(14(24)22(15)12(9)16(25)26)19-10(23)6-8-4-2-1-3-5-8/h1-5,11,15H,6-7H2,(H2,18,21)(H,19,23)(H,25,26)/t11-,15-/m1/s1. The van der Waals surface area contributed by atoms with Crippen LogP contribution in [0.5, 0.6) is 0 Å². The zero-order valence-electron chi connectivity index (χ0n) is 14.4. The molecular weight excluding hydrogens is 418 g/mol. The molecule has 1 fully saturated rings. The molecule has 0 aliphatic carbocycles. The summed E-state index contributed by atoms with van der Waals surface area (Å²) in [5.74, 6) is -0.142. The molecule has 0 radical (unpaired) electrons. The molecule has 0 saturated carbocycles. The fraction of sp³-hybridized carbons (Fsp3) is 0.235. The zero-order chi connectivity index (χ0) is 19.8. The second-order valence-electron chi connectivity index (χ2n) is 6.20. The van der Waals surface area contributed by atoms with Crippen LogP contribution in [0.4, 0.5) is 5.13 Å². The number of β-lactam (4-membered cyclic amide) rings is 1. The van der Waals surface area contributed by atoms with E-state index in [1.165, 1.54) is 16.7 Å². The maximum Gasteiger partial charge on any atom is 0.253 e. The number of benzene rings is 1. The van der Waals surface area contributed by atoms with Crippen LogP contribution in [-0.2, 0) is 20.8 Å². The highest BCUT2D eigenvalue weighted by Crippen LogP contribution is 2.44. The van der Waals surface area contributed by atoms with Crippen LogP contribution < -0.4 is 11.1 Å². The SMILES string of the molecule is Nc1nnc(C2=C(C(=O)S)N3C(=O)[C@@H](NC(=O)Cc4ccccc4)[C@H]3SC2)s1. The molecule has 2 amide bonds. The first kappa shape index (κ1) is 19.0. The van der Waals surface area contributed by atoms with Crippen molar-refractivity contribution in [3.05, 3.63) is 46.6 Å². The van der Waals surface area contributed by atoms with Crippen LogP contribution in [0.1, 0.15) is 10.6 Å². The third-order valence-electron chi connectivity index (χ3n) is 4.39. The lowest BCUT2D eigenvalue weighted by molar-refractivity contribution is -0.146. The number of carbonyl (C=O) groups is 3. The Morgan fingerprint density at radius 1 is 1.29 bits per heavy atom. The number of aromatic nitrogens is 2. The smallest absolute Gasteiger partial charge is 0.253 e. The summed E-state index contributed by atoms with van der Waals surface area (Å²) in [6, 6.07) is 8.61. The van der Waals surface area contributed by atoms with Crippen LogP contribution in [0.3, 0.4) is 0 Å². The normalized spacial score (nSPS) is 21.2. The Morgan fingerprint density at radius 3 is 2.68 bits per heavy atom. The highest BCUT2D eigenvalue weighted by molar-refractivity contribution is 8.00. The fourth-order valence-corrected chi connectivity index (χ4v) is 5.48. The Hall–Kier alpha value is -2.37. The van der Waals surface area contributed by atoms with Gasteiger partial charge in [0.25, 0.3) is 5.91 Å². The molecule has 11 heteroatoms. The minimum Gasteiger partial charge on any atom is -0.374 e. The molecule has 4 rings (SSSR count). The van der Waals surface area contributed by atoms with Gasteiger partial charge in [0, 0.05) is 11.3 Å². The molecule has 1 saturated heterocycles. The molecule has 2 aromatic rings. The molecule has 0 bridgehead atoms. The Morgan fingerprint density at radius 2 is 2.04 bits per heavy atom. The minimum atomic E-state index is -0.676. The monoisotopic (exact) mass is 433 g/mol. The van der Waals surface area contributed by atoms with Gasteiger partial charge in [-0.2, -0.15) is 0 Å². The van der Waals surface area contributed by atoms with Crippen LogP contribution in [0.2, 0.25) is 0 Å². The number of rotatable bonds is 5. The van der Waals surface area contributed by atoms with Crippen molar-refractivity contribution < 1.29 is 14.4 Å². The van der Waals surface area contributed by atoms with E-state index in [1.807, 2.05) is 30.3 Å². The third-order valence-corrected chi connectivity index (χ3v) is 6.70. The predicted octanol–water partition coefficient (Wildman–Crippen LogP) is 0.930. The van der Waals surface area contributed by atoms with Gasteiger partial charge in [-0.05, 0) is 5.56 Å². The Kier molecular flexibility index (Phi) is 5.13. The summed E-state index contributed by atoms with van der Waals surface area (Å²) in [5.41, 5.74) is 7.26. The highest BCUT2D eigenvalue weighted by atomic mass is 32.2. The number of thioether (sulfide) groups is 1. The van der Waals surface area contributed by atoms with Gasteiger partial charge in [-0.15, -0.1) is 22.0 Å². The van der Waals surface area contributed by atoms with Crippen molar-refractivity contribution in [2.75, 3.05) is 11.5 Å². The summed E-state index contributed by atoms with van der Waals surface area (Å²) in [6.07, 6.45) is 0.186. The van der Waals surface area contributed by atoms with E-state index in [1.54, 1.807) is 0 Å². The molecule has 1 aromatic heterocycles. The van der Waals surface area contributed by atoms with Crippen molar-refractivity contribution in [2.24, 2.45) is 0 Å². The summed E-state index contributed by atoms with van der Waals surface area (Å²) in [7, 11) is 0. The van der Waals surface area contributed by atoms with E-state index in [4.69, 9.17) is 5.73 Å². The lowest BCUT2D eigenvalue weighted by Gasteiger charge is -2.49. The summed E-state index contributed by atoms with van der Waals surface area (Å²) < 4.78 is 0. The molecule has 3 heterocycles. The average molecular weight is 434 g/mol. The molecular formula is C17H15N5O3S3. The topological polar surface area (TPSA) is 118 Å². The van der Waals surface area contributed by atoms with Crippen molar-refractivity contribution in [3.8, 4) is 0 Å². The van der Waals surface area contributed by atoms with Crippen LogP contribution in [-0.4, -0.2) is 49.2 Å². The lowest BCUT2D eigenvalue weighted by atomic mass is 10.0. The number of anilines is 1. The maximum atomic E-state index is 12.7. The van der Waals surface area contributed by atoms with E-state index < -0.39 is 11.2 Å². The number of carbonyl (C=O) groups excluding carboxylic acids is 3. The number of hydrogen-bond donors (Lipinski definition) is 3. The Balaban J connectivity index is 1.52. The molecule has 2 aliphatic rings. The average Bonchev–Trinajstić information content (AvgIpc) is 3.11. The highest BCUT2D eigenvalue weighted by Gasteiger charge is 2.54. The number of nitrogens with one attached hydrogen (secondary N) is 1. The number of amides is 2. The maximum absolute atomic E-state index is 12.7. The predicted molar refractivity (Wildman–Crippen MR) is 110 cm³/mol. The van der Waals surface area contributed by atoms with E-state index in [0.29, 0.717) is 16.3 Å². The first-order valence-corrected chi connectivity index (χ1v) is 10.6. The number of nitrogens with zero attached hydrogens (tertiary/aromatic N) is 3. The van der Waals surface area contributed by atoms with Crippen LogP contribution in [0, 0.1) is 0 Å². The summed E-state index contributed by atoms with van der Waals surface area (Å²) in [4.78, 5) is 38.5. The van der Waals surface area contributed by atoms with Gasteiger partial charge in [0.2, 0.25) is 16.2 Å². The molecule has 0 unspecified atom stereocenters. The van der Waals surface area contributed by atoms with Crippen molar-refractivity contribution in [3.63, 3.8) is 0 Å². The third kappa shape index (κ3) is 3.40. The van der Waals surface area contributed by atoms with E-state index in [2.05, 4.69) is 28.1 Å². The fourth-order valence-electron chi connectivity index (χ4n) is 3.15. The molecule has 8 nitrogen and oxygen atoms in total. The summed E-state index contributed by atoms with van der Waals surface area (Å²) >= 11 is 6.53. The van der Waals surface area contributed by atoms with Crippen molar-refractivity contribution in [2.45, 2.75) is 17.8 Å². The summed E-state index contributed by atoms with van der Waals surface area (Å²) in [5, 5.41) is 10.4. The van der Waals surface area contributed by atoms with E-state index in [9.17, 15) is 14.4 Å². The molecule has 144 valence electrons. The summed E-state index contributed by atoms with van der Waals surface area (Å²) in [6.45, 7) is 0. The Bertz CT molecular complexity index is 991. The number of nitrogen functional groups attached to an aromatic ring is 1. The van der Waals surface area contributed by atoms with Crippen molar-refractivity contribution in [1.29, 1.82) is 0 Å². The van der Waals surface area contributed by atoms with Gasteiger partial charge in [-0.3, -0.25) is 19.3 Å². The lowest BCUT2D eigenvalue weighted by Crippen LogP contribution is -2.70. The second kappa shape index (κ2) is 7.57. The largest absolute Gasteiger partial charge is 0.374 e. The zero-order valence-corrected chi connectivity index (χ0v) is 16.9. The molecule has 1 aromatic carbocycles. The van der Waals surface area contributed by atoms with Gasteiger partial charge in [-0.25, -0.2) is 0 Å². The molecule has 0 spiro atoms. The molecule has 2 aliphatic heterocycles. The van der Waals surface area contributed by atoms with Gasteiger partial charge < -0.3 is 11.1 Å². The van der Waals surface area contributed by atoms with Crippen LogP contribution >= 0.6 is 35.7 Å². The van der Waals surface area contributed by atoms with Crippen molar-refractivity contribution >= 4 is 63.4 Å². The number of nitrogens with two attached hydrogens (primary N) is 1. The number of fused-ring (bicyclic) bond motifs is 1. The molecule has 3 N–H and O–H groups in total. The van der Waals surface area contributed by atoms with Gasteiger partial charge >= 0.3 is 0 Å². The van der Waals surface area contributed by atoms with Crippen LogP contribution in [0.25, 0.3) is 5.57 Å². The molecule has 2 atom stereocenters. The minimum absolute atomic E-state index is 0.182. The van der Waals surface area contributed by atoms with Crippen LogP contribution in [0.15, 0.2) is 36.0 Å². The number of hydrogen-bond acceptors (Lipinski definition) is 8. The van der Waals surface area contributed by atoms with Gasteiger partial charge in [0.15, 0.2) is 0 Å². The van der Waals surface area contributed by atoms with Gasteiger partial charge in [0.1, 0.15) is 22.1 Å². The van der Waals surface area contributed by atoms with E-state index in [0.717, 1.165) is 16.9 Å². The first-order chi connectivity index (χ1) is 13.5. The Labute approximate surface area is 174 Å². The van der Waals surface area contributed by atoms with Gasteiger partial charge in [0.05, 0.1) is 6.42 Å². The van der Waals surface area contributed by atoms with Gasteiger partial charge in [-0.1, -0.05) is 54.3 Å². The van der Waals surface area contributed by atoms with E-state index >= 15 is 0 Å².